The van der Waals surface area contributed by atoms with Crippen molar-refractivity contribution in [3.05, 3.63) is 47.8 Å². The third kappa shape index (κ3) is 3.66. The Morgan fingerprint density at radius 3 is 2.93 bits per heavy atom. The van der Waals surface area contributed by atoms with Crippen LogP contribution < -0.4 is 4.90 Å². The van der Waals surface area contributed by atoms with Gasteiger partial charge in [0.25, 0.3) is 0 Å². The van der Waals surface area contributed by atoms with Gasteiger partial charge in [-0.2, -0.15) is 0 Å². The van der Waals surface area contributed by atoms with Crippen LogP contribution in [0, 0.1) is 0 Å². The number of nitrogens with zero attached hydrogens (tertiary/aromatic N) is 4. The summed E-state index contributed by atoms with van der Waals surface area (Å²) in [6.45, 7) is 2.57. The van der Waals surface area contributed by atoms with Gasteiger partial charge in [0.15, 0.2) is 0 Å². The molecule has 1 fully saturated rings. The van der Waals surface area contributed by atoms with E-state index in [-0.39, 0.29) is 11.3 Å². The molecule has 4 rings (SSSR count). The van der Waals surface area contributed by atoms with Crippen molar-refractivity contribution in [1.29, 1.82) is 0 Å². The Balaban J connectivity index is 1.49. The second kappa shape index (κ2) is 7.48. The van der Waals surface area contributed by atoms with Crippen molar-refractivity contribution in [3.8, 4) is 0 Å². The fraction of sp³-hybridized carbons (Fsp3) is 0.450. The van der Waals surface area contributed by atoms with Crippen LogP contribution in [0.25, 0.3) is 0 Å². The van der Waals surface area contributed by atoms with Crippen molar-refractivity contribution in [2.24, 2.45) is 0 Å². The Kier molecular flexibility index (Phi) is 5.06. The van der Waals surface area contributed by atoms with Crippen LogP contribution in [0.15, 0.2) is 41.4 Å². The van der Waals surface area contributed by atoms with E-state index >= 15 is 0 Å². The lowest BCUT2D eigenvalue weighted by molar-refractivity contribution is -0.127. The normalized spacial score (nSPS) is 21.3. The quantitative estimate of drug-likeness (QED) is 0.754. The first-order valence-electron chi connectivity index (χ1n) is 9.14. The number of benzene rings is 1. The van der Waals surface area contributed by atoms with Gasteiger partial charge < -0.3 is 14.5 Å². The van der Waals surface area contributed by atoms with Crippen LogP contribution in [0.4, 0.5) is 5.95 Å². The van der Waals surface area contributed by atoms with Crippen molar-refractivity contribution in [2.75, 3.05) is 44.4 Å². The second-order valence-corrected chi connectivity index (χ2v) is 8.43. The van der Waals surface area contributed by atoms with E-state index in [0.29, 0.717) is 31.5 Å². The SMILES string of the molecule is CN(C)c1ncc2c(n1)[C@@]1(CCN(C(=O)CSc3ccccc3)C1)COC2. The maximum Gasteiger partial charge on any atom is 0.232 e. The molecule has 0 N–H and O–H groups in total. The third-order valence-corrected chi connectivity index (χ3v) is 6.20. The fourth-order valence-corrected chi connectivity index (χ4v) is 4.57. The van der Waals surface area contributed by atoms with Crippen LogP contribution in [0.2, 0.25) is 0 Å². The van der Waals surface area contributed by atoms with Crippen molar-refractivity contribution in [3.63, 3.8) is 0 Å². The van der Waals surface area contributed by atoms with Crippen LogP contribution in [-0.2, 0) is 21.6 Å². The number of aromatic nitrogens is 2. The minimum Gasteiger partial charge on any atom is -0.376 e. The first-order chi connectivity index (χ1) is 13.1. The number of rotatable bonds is 4. The third-order valence-electron chi connectivity index (χ3n) is 5.20. The molecular formula is C20H24N4O2S. The molecule has 1 amide bonds. The highest BCUT2D eigenvalue weighted by Crippen LogP contribution is 2.39. The average molecular weight is 385 g/mol. The van der Waals surface area contributed by atoms with E-state index in [4.69, 9.17) is 9.72 Å². The average Bonchev–Trinajstić information content (AvgIpc) is 3.12. The molecule has 1 atom stereocenters. The molecule has 0 saturated carbocycles. The van der Waals surface area contributed by atoms with Crippen molar-refractivity contribution in [2.45, 2.75) is 23.3 Å². The monoisotopic (exact) mass is 384 g/mol. The summed E-state index contributed by atoms with van der Waals surface area (Å²) >= 11 is 1.59. The first-order valence-corrected chi connectivity index (χ1v) is 10.1. The van der Waals surface area contributed by atoms with Crippen LogP contribution in [-0.4, -0.2) is 60.3 Å². The van der Waals surface area contributed by atoms with Gasteiger partial charge in [-0.3, -0.25) is 4.79 Å². The first kappa shape index (κ1) is 18.3. The molecule has 3 heterocycles. The van der Waals surface area contributed by atoms with Crippen LogP contribution in [0.3, 0.4) is 0 Å². The second-order valence-electron chi connectivity index (χ2n) is 7.38. The summed E-state index contributed by atoms with van der Waals surface area (Å²) in [5.41, 5.74) is 1.88. The summed E-state index contributed by atoms with van der Waals surface area (Å²) in [5.74, 6) is 1.34. The molecule has 2 aromatic rings. The van der Waals surface area contributed by atoms with E-state index < -0.39 is 0 Å². The van der Waals surface area contributed by atoms with Crippen molar-refractivity contribution >= 4 is 23.6 Å². The number of amides is 1. The Morgan fingerprint density at radius 2 is 2.15 bits per heavy atom. The molecule has 2 aliphatic rings. The summed E-state index contributed by atoms with van der Waals surface area (Å²) < 4.78 is 5.85. The molecular weight excluding hydrogens is 360 g/mol. The fourth-order valence-electron chi connectivity index (χ4n) is 3.75. The number of likely N-dealkylation sites (tertiary alicyclic amines) is 1. The Morgan fingerprint density at radius 1 is 1.33 bits per heavy atom. The Bertz CT molecular complexity index is 830. The summed E-state index contributed by atoms with van der Waals surface area (Å²) in [6.07, 6.45) is 2.75. The van der Waals surface area contributed by atoms with E-state index in [1.165, 1.54) is 0 Å². The minimum absolute atomic E-state index is 0.176. The van der Waals surface area contributed by atoms with Gasteiger partial charge in [0.05, 0.1) is 30.1 Å². The van der Waals surface area contributed by atoms with Gasteiger partial charge in [0.2, 0.25) is 11.9 Å². The van der Waals surface area contributed by atoms with Crippen LogP contribution in [0.1, 0.15) is 17.7 Å². The summed E-state index contributed by atoms with van der Waals surface area (Å²) in [6, 6.07) is 10.1. The number of fused-ring (bicyclic) bond motifs is 2. The van der Waals surface area contributed by atoms with Gasteiger partial charge in [0, 0.05) is 43.8 Å². The number of hydrogen-bond donors (Lipinski definition) is 0. The van der Waals surface area contributed by atoms with E-state index in [1.54, 1.807) is 11.8 Å². The number of anilines is 1. The lowest BCUT2D eigenvalue weighted by atomic mass is 9.80. The molecule has 142 valence electrons. The molecule has 6 nitrogen and oxygen atoms in total. The van der Waals surface area contributed by atoms with E-state index in [9.17, 15) is 4.79 Å². The molecule has 1 aromatic carbocycles. The lowest BCUT2D eigenvalue weighted by Crippen LogP contribution is -2.42. The molecule has 0 unspecified atom stereocenters. The highest BCUT2D eigenvalue weighted by Gasteiger charge is 2.46. The molecule has 27 heavy (non-hydrogen) atoms. The molecule has 7 heteroatoms. The zero-order chi connectivity index (χ0) is 18.9. The summed E-state index contributed by atoms with van der Waals surface area (Å²) in [7, 11) is 3.89. The molecule has 0 bridgehead atoms. The standard InChI is InChI=1S/C20H24N4O2S/c1-23(2)19-21-10-15-11-26-14-20(18(15)22-19)8-9-24(13-20)17(25)12-27-16-6-4-3-5-7-16/h3-7,10H,8-9,11-14H2,1-2H3/t20-/m1/s1. The van der Waals surface area contributed by atoms with Gasteiger partial charge in [-0.25, -0.2) is 9.97 Å². The number of thioether (sulfide) groups is 1. The lowest BCUT2D eigenvalue weighted by Gasteiger charge is -2.34. The smallest absolute Gasteiger partial charge is 0.232 e. The predicted octanol–water partition coefficient (Wildman–Crippen LogP) is 2.34. The predicted molar refractivity (Wildman–Crippen MR) is 106 cm³/mol. The Labute approximate surface area is 163 Å². The Hall–Kier alpha value is -2.12. The highest BCUT2D eigenvalue weighted by molar-refractivity contribution is 8.00. The van der Waals surface area contributed by atoms with Crippen LogP contribution >= 0.6 is 11.8 Å². The maximum atomic E-state index is 12.8. The van der Waals surface area contributed by atoms with Crippen molar-refractivity contribution in [1.82, 2.24) is 14.9 Å². The number of carbonyl (C=O) groups excluding carboxylic acids is 1. The molecule has 0 radical (unpaired) electrons. The summed E-state index contributed by atoms with van der Waals surface area (Å²) in [4.78, 5) is 27.0. The topological polar surface area (TPSA) is 58.6 Å². The largest absolute Gasteiger partial charge is 0.376 e. The zero-order valence-electron chi connectivity index (χ0n) is 15.7. The number of hydrogen-bond acceptors (Lipinski definition) is 6. The highest BCUT2D eigenvalue weighted by atomic mass is 32.2. The van der Waals surface area contributed by atoms with Gasteiger partial charge in [0.1, 0.15) is 0 Å². The van der Waals surface area contributed by atoms with E-state index in [0.717, 1.165) is 29.1 Å². The maximum absolute atomic E-state index is 12.8. The van der Waals surface area contributed by atoms with Gasteiger partial charge in [-0.15, -0.1) is 11.8 Å². The van der Waals surface area contributed by atoms with E-state index in [1.807, 2.05) is 60.4 Å². The summed E-state index contributed by atoms with van der Waals surface area (Å²) in [5, 5.41) is 0. The number of ether oxygens (including phenoxy) is 1. The molecule has 1 aromatic heterocycles. The van der Waals surface area contributed by atoms with Gasteiger partial charge in [-0.1, -0.05) is 18.2 Å². The molecule has 0 aliphatic carbocycles. The van der Waals surface area contributed by atoms with Gasteiger partial charge >= 0.3 is 0 Å². The zero-order valence-corrected chi connectivity index (χ0v) is 16.5. The molecule has 1 saturated heterocycles. The van der Waals surface area contributed by atoms with Crippen molar-refractivity contribution < 1.29 is 9.53 Å². The van der Waals surface area contributed by atoms with Crippen LogP contribution in [0.5, 0.6) is 0 Å². The minimum atomic E-state index is -0.214. The molecule has 2 aliphatic heterocycles. The van der Waals surface area contributed by atoms with E-state index in [2.05, 4.69) is 4.98 Å². The number of carbonyl (C=O) groups is 1. The van der Waals surface area contributed by atoms with Gasteiger partial charge in [-0.05, 0) is 18.6 Å². The molecule has 1 spiro atoms.